The van der Waals surface area contributed by atoms with Gasteiger partial charge in [0.2, 0.25) is 11.8 Å². The Hall–Kier alpha value is -2.62. The lowest BCUT2D eigenvalue weighted by atomic mass is 10.2. The Balaban J connectivity index is 2.00. The maximum absolute atomic E-state index is 12.3. The molecule has 0 aliphatic carbocycles. The van der Waals surface area contributed by atoms with Crippen LogP contribution in [-0.4, -0.2) is 40.8 Å². The van der Waals surface area contributed by atoms with Crippen LogP contribution in [0.3, 0.4) is 0 Å². The van der Waals surface area contributed by atoms with Gasteiger partial charge in [0.25, 0.3) is 5.69 Å². The third-order valence-electron chi connectivity index (χ3n) is 3.58. The van der Waals surface area contributed by atoms with Crippen molar-refractivity contribution < 1.29 is 19.2 Å². The van der Waals surface area contributed by atoms with Gasteiger partial charge in [0, 0.05) is 25.1 Å². The van der Waals surface area contributed by atoms with Gasteiger partial charge in [-0.05, 0) is 12.5 Å². The lowest BCUT2D eigenvalue weighted by Gasteiger charge is -2.11. The first-order chi connectivity index (χ1) is 12.4. The standard InChI is InChI=1S/C16H20N4O5S/c1-3-4-7-17-16-19-15(22)13(26-16)9-14(21)18-11-8-10(20(23)24)5-6-12(11)25-2/h5-6,8,13H,3-4,7,9H2,1-2H3,(H,18,21)(H,17,19,22)/t13-/m0/s1. The van der Waals surface area contributed by atoms with E-state index in [9.17, 15) is 19.7 Å². The van der Waals surface area contributed by atoms with E-state index in [0.29, 0.717) is 17.5 Å². The zero-order valence-electron chi connectivity index (χ0n) is 14.5. The molecular formula is C16H20N4O5S. The fourth-order valence-corrected chi connectivity index (χ4v) is 3.23. The summed E-state index contributed by atoms with van der Waals surface area (Å²) in [5.41, 5.74) is 0.0198. The molecule has 1 aromatic carbocycles. The van der Waals surface area contributed by atoms with Crippen LogP contribution < -0.4 is 15.4 Å². The average molecular weight is 380 g/mol. The monoisotopic (exact) mass is 380 g/mol. The first kappa shape index (κ1) is 19.7. The second kappa shape index (κ2) is 9.18. The smallest absolute Gasteiger partial charge is 0.271 e. The van der Waals surface area contributed by atoms with Crippen LogP contribution in [0.1, 0.15) is 26.2 Å². The van der Waals surface area contributed by atoms with Gasteiger partial charge in [-0.25, -0.2) is 0 Å². The predicted molar refractivity (Wildman–Crippen MR) is 99.6 cm³/mol. The minimum atomic E-state index is -0.583. The highest BCUT2D eigenvalue weighted by Crippen LogP contribution is 2.30. The van der Waals surface area contributed by atoms with Crippen molar-refractivity contribution in [2.45, 2.75) is 31.4 Å². The van der Waals surface area contributed by atoms with Crippen molar-refractivity contribution in [3.8, 4) is 5.75 Å². The summed E-state index contributed by atoms with van der Waals surface area (Å²) in [4.78, 5) is 38.8. The minimum absolute atomic E-state index is 0.0743. The molecule has 26 heavy (non-hydrogen) atoms. The number of carbonyl (C=O) groups excluding carboxylic acids is 2. The first-order valence-electron chi connectivity index (χ1n) is 8.08. The number of benzene rings is 1. The van der Waals surface area contributed by atoms with Crippen molar-refractivity contribution in [2.75, 3.05) is 19.0 Å². The van der Waals surface area contributed by atoms with E-state index in [1.807, 2.05) is 0 Å². The number of aliphatic imine (C=N–C) groups is 1. The molecule has 0 aromatic heterocycles. The van der Waals surface area contributed by atoms with E-state index in [1.165, 1.54) is 37.1 Å². The molecule has 10 heteroatoms. The van der Waals surface area contributed by atoms with Gasteiger partial charge in [-0.15, -0.1) is 0 Å². The van der Waals surface area contributed by atoms with E-state index in [4.69, 9.17) is 4.74 Å². The molecular weight excluding hydrogens is 360 g/mol. The minimum Gasteiger partial charge on any atom is -0.495 e. The second-order valence-corrected chi connectivity index (χ2v) is 6.72. The molecule has 1 heterocycles. The van der Waals surface area contributed by atoms with E-state index >= 15 is 0 Å². The summed E-state index contributed by atoms with van der Waals surface area (Å²) in [5.74, 6) is -0.410. The largest absolute Gasteiger partial charge is 0.495 e. The summed E-state index contributed by atoms with van der Waals surface area (Å²) in [6, 6.07) is 3.91. The molecule has 1 atom stereocenters. The Labute approximate surface area is 154 Å². The molecule has 1 aliphatic rings. The number of nitrogens with one attached hydrogen (secondary N) is 2. The Morgan fingerprint density at radius 2 is 2.27 bits per heavy atom. The van der Waals surface area contributed by atoms with Crippen molar-refractivity contribution >= 4 is 40.1 Å². The normalized spacial score (nSPS) is 17.8. The Morgan fingerprint density at radius 3 is 2.92 bits per heavy atom. The Kier molecular flexibility index (Phi) is 6.96. The van der Waals surface area contributed by atoms with Crippen molar-refractivity contribution in [3.63, 3.8) is 0 Å². The molecule has 1 saturated heterocycles. The highest BCUT2D eigenvalue weighted by Gasteiger charge is 2.32. The summed E-state index contributed by atoms with van der Waals surface area (Å²) in [6.07, 6.45) is 1.86. The lowest BCUT2D eigenvalue weighted by Crippen LogP contribution is -2.28. The topological polar surface area (TPSA) is 123 Å². The molecule has 1 aliphatic heterocycles. The number of nitrogens with zero attached hydrogens (tertiary/aromatic N) is 2. The van der Waals surface area contributed by atoms with E-state index in [1.54, 1.807) is 0 Å². The maximum Gasteiger partial charge on any atom is 0.271 e. The number of carbonyl (C=O) groups is 2. The number of unbranched alkanes of at least 4 members (excludes halogenated alkanes) is 1. The molecule has 140 valence electrons. The van der Waals surface area contributed by atoms with Crippen molar-refractivity contribution in [1.82, 2.24) is 5.32 Å². The van der Waals surface area contributed by atoms with Crippen LogP contribution in [0.25, 0.3) is 0 Å². The number of anilines is 1. The van der Waals surface area contributed by atoms with Gasteiger partial charge in [-0.1, -0.05) is 25.1 Å². The number of amidine groups is 1. The zero-order valence-corrected chi connectivity index (χ0v) is 15.3. The van der Waals surface area contributed by atoms with Crippen molar-refractivity contribution in [1.29, 1.82) is 0 Å². The quantitative estimate of drug-likeness (QED) is 0.405. The summed E-state index contributed by atoms with van der Waals surface area (Å²) in [6.45, 7) is 2.68. The van der Waals surface area contributed by atoms with Crippen LogP contribution in [0.15, 0.2) is 23.2 Å². The number of methoxy groups -OCH3 is 1. The van der Waals surface area contributed by atoms with Gasteiger partial charge >= 0.3 is 0 Å². The number of hydrogen-bond acceptors (Lipinski definition) is 7. The van der Waals surface area contributed by atoms with Crippen LogP contribution >= 0.6 is 11.8 Å². The van der Waals surface area contributed by atoms with Crippen LogP contribution in [0.4, 0.5) is 11.4 Å². The van der Waals surface area contributed by atoms with Gasteiger partial charge in [-0.2, -0.15) is 0 Å². The maximum atomic E-state index is 12.3. The number of ether oxygens (including phenoxy) is 1. The van der Waals surface area contributed by atoms with Gasteiger partial charge in [0.1, 0.15) is 11.0 Å². The van der Waals surface area contributed by atoms with Crippen LogP contribution in [-0.2, 0) is 9.59 Å². The van der Waals surface area contributed by atoms with E-state index < -0.39 is 16.1 Å². The molecule has 2 amide bonds. The zero-order chi connectivity index (χ0) is 19.1. The fraction of sp³-hybridized carbons (Fsp3) is 0.438. The van der Waals surface area contributed by atoms with E-state index in [0.717, 1.165) is 12.8 Å². The molecule has 2 N–H and O–H groups in total. The molecule has 0 bridgehead atoms. The first-order valence-corrected chi connectivity index (χ1v) is 8.96. The van der Waals surface area contributed by atoms with E-state index in [2.05, 4.69) is 22.5 Å². The Morgan fingerprint density at radius 1 is 1.50 bits per heavy atom. The molecule has 2 rings (SSSR count). The molecule has 1 fully saturated rings. The number of thioether (sulfide) groups is 1. The van der Waals surface area contributed by atoms with Gasteiger partial charge in [0.15, 0.2) is 5.17 Å². The van der Waals surface area contributed by atoms with E-state index in [-0.39, 0.29) is 23.7 Å². The van der Waals surface area contributed by atoms with Crippen molar-refractivity contribution in [2.24, 2.45) is 4.99 Å². The molecule has 9 nitrogen and oxygen atoms in total. The van der Waals surface area contributed by atoms with Gasteiger partial charge in [0.05, 0.1) is 17.7 Å². The SMILES string of the molecule is CCCCN=C1NC(=O)[C@H](CC(=O)Nc2cc([N+](=O)[O-])ccc2OC)S1. The third kappa shape index (κ3) is 5.19. The van der Waals surface area contributed by atoms with Crippen molar-refractivity contribution in [3.05, 3.63) is 28.3 Å². The summed E-state index contributed by atoms with van der Waals surface area (Å²) in [5, 5.41) is 16.1. The van der Waals surface area contributed by atoms with Crippen LogP contribution in [0, 0.1) is 10.1 Å². The molecule has 0 unspecified atom stereocenters. The highest BCUT2D eigenvalue weighted by atomic mass is 32.2. The number of nitro groups is 1. The van der Waals surface area contributed by atoms with Gasteiger partial charge < -0.3 is 15.4 Å². The number of non-ortho nitro benzene ring substituents is 1. The highest BCUT2D eigenvalue weighted by molar-refractivity contribution is 8.15. The second-order valence-electron chi connectivity index (χ2n) is 5.53. The molecule has 0 saturated carbocycles. The van der Waals surface area contributed by atoms with Crippen LogP contribution in [0.5, 0.6) is 5.75 Å². The molecule has 1 aromatic rings. The van der Waals surface area contributed by atoms with Crippen LogP contribution in [0.2, 0.25) is 0 Å². The average Bonchev–Trinajstić information content (AvgIpc) is 2.94. The van der Waals surface area contributed by atoms with Gasteiger partial charge in [-0.3, -0.25) is 24.7 Å². The summed E-state index contributed by atoms with van der Waals surface area (Å²) in [7, 11) is 1.40. The summed E-state index contributed by atoms with van der Waals surface area (Å²) < 4.78 is 5.10. The fourth-order valence-electron chi connectivity index (χ4n) is 2.23. The number of nitro benzene ring substituents is 1. The molecule has 0 spiro atoms. The molecule has 0 radical (unpaired) electrons. The predicted octanol–water partition coefficient (Wildman–Crippen LogP) is 2.32. The Bertz CT molecular complexity index is 737. The third-order valence-corrected chi connectivity index (χ3v) is 4.70. The number of rotatable bonds is 8. The summed E-state index contributed by atoms with van der Waals surface area (Å²) >= 11 is 1.22. The lowest BCUT2D eigenvalue weighted by molar-refractivity contribution is -0.384. The number of amides is 2. The number of hydrogen-bond donors (Lipinski definition) is 2.